The summed E-state index contributed by atoms with van der Waals surface area (Å²) in [6.45, 7) is 4.02. The van der Waals surface area contributed by atoms with E-state index in [-0.39, 0.29) is 24.2 Å². The van der Waals surface area contributed by atoms with Crippen molar-refractivity contribution in [2.75, 3.05) is 12.9 Å². The Morgan fingerprint density at radius 2 is 2.04 bits per heavy atom. The SMILES string of the molecule is COc1cccc(-c2noc(COC(=O)CSc3ccc(C)cc3C)n2)c1. The third kappa shape index (κ3) is 5.10. The van der Waals surface area contributed by atoms with Gasteiger partial charge in [0.05, 0.1) is 12.9 Å². The number of rotatable bonds is 7. The molecule has 0 N–H and O–H groups in total. The predicted molar refractivity (Wildman–Crippen MR) is 103 cm³/mol. The first-order valence-corrected chi connectivity index (χ1v) is 9.36. The molecule has 0 fully saturated rings. The maximum absolute atomic E-state index is 12.0. The van der Waals surface area contributed by atoms with Crippen LogP contribution in [-0.4, -0.2) is 29.0 Å². The summed E-state index contributed by atoms with van der Waals surface area (Å²) in [7, 11) is 1.59. The van der Waals surface area contributed by atoms with Gasteiger partial charge in [-0.2, -0.15) is 4.98 Å². The van der Waals surface area contributed by atoms with E-state index in [9.17, 15) is 4.79 Å². The minimum Gasteiger partial charge on any atom is -0.497 e. The second-order valence-electron chi connectivity index (χ2n) is 5.96. The second-order valence-corrected chi connectivity index (χ2v) is 6.98. The predicted octanol–water partition coefficient (Wildman–Crippen LogP) is 4.20. The fraction of sp³-hybridized carbons (Fsp3) is 0.250. The molecule has 1 aromatic heterocycles. The summed E-state index contributed by atoms with van der Waals surface area (Å²) in [6.07, 6.45) is 0. The van der Waals surface area contributed by atoms with Crippen molar-refractivity contribution in [1.29, 1.82) is 0 Å². The third-order valence-corrected chi connectivity index (χ3v) is 4.98. The molecule has 0 radical (unpaired) electrons. The van der Waals surface area contributed by atoms with Gasteiger partial charge in [0.15, 0.2) is 6.61 Å². The van der Waals surface area contributed by atoms with Gasteiger partial charge in [-0.3, -0.25) is 4.79 Å². The Morgan fingerprint density at radius 1 is 1.19 bits per heavy atom. The van der Waals surface area contributed by atoms with E-state index >= 15 is 0 Å². The quantitative estimate of drug-likeness (QED) is 0.446. The minimum atomic E-state index is -0.332. The summed E-state index contributed by atoms with van der Waals surface area (Å²) < 4.78 is 15.6. The number of nitrogens with zero attached hydrogens (tertiary/aromatic N) is 2. The van der Waals surface area contributed by atoms with Crippen LogP contribution in [0.4, 0.5) is 0 Å². The number of benzene rings is 2. The summed E-state index contributed by atoms with van der Waals surface area (Å²) in [4.78, 5) is 17.3. The molecule has 2 aromatic carbocycles. The Kier molecular flexibility index (Phi) is 6.13. The van der Waals surface area contributed by atoms with Gasteiger partial charge in [0.2, 0.25) is 5.82 Å². The van der Waals surface area contributed by atoms with Gasteiger partial charge in [-0.1, -0.05) is 35.0 Å². The summed E-state index contributed by atoms with van der Waals surface area (Å²) in [5, 5.41) is 3.92. The minimum absolute atomic E-state index is 0.0523. The van der Waals surface area contributed by atoms with Crippen LogP contribution < -0.4 is 4.74 Å². The number of methoxy groups -OCH3 is 1. The molecule has 0 aliphatic heterocycles. The molecule has 6 nitrogen and oxygen atoms in total. The highest BCUT2D eigenvalue weighted by molar-refractivity contribution is 8.00. The number of carbonyl (C=O) groups is 1. The van der Waals surface area contributed by atoms with Crippen LogP contribution in [0.1, 0.15) is 17.0 Å². The van der Waals surface area contributed by atoms with E-state index in [1.165, 1.54) is 17.3 Å². The summed E-state index contributed by atoms with van der Waals surface area (Å²) in [5.74, 6) is 1.26. The normalized spacial score (nSPS) is 10.6. The first kappa shape index (κ1) is 19.0. The van der Waals surface area contributed by atoms with Gasteiger partial charge < -0.3 is 14.0 Å². The smallest absolute Gasteiger partial charge is 0.316 e. The Labute approximate surface area is 161 Å². The molecule has 3 rings (SSSR count). The molecule has 0 spiro atoms. The van der Waals surface area contributed by atoms with Crippen LogP contribution in [0.3, 0.4) is 0 Å². The van der Waals surface area contributed by atoms with Crippen LogP contribution in [0, 0.1) is 13.8 Å². The van der Waals surface area contributed by atoms with Crippen molar-refractivity contribution in [3.63, 3.8) is 0 Å². The zero-order chi connectivity index (χ0) is 19.2. The molecule has 0 bridgehead atoms. The number of aromatic nitrogens is 2. The van der Waals surface area contributed by atoms with Crippen molar-refractivity contribution in [3.8, 4) is 17.1 Å². The Morgan fingerprint density at radius 3 is 2.81 bits per heavy atom. The highest BCUT2D eigenvalue weighted by Gasteiger charge is 2.12. The van der Waals surface area contributed by atoms with Crippen LogP contribution in [0.25, 0.3) is 11.4 Å². The van der Waals surface area contributed by atoms with Gasteiger partial charge in [0.25, 0.3) is 5.89 Å². The monoisotopic (exact) mass is 384 g/mol. The van der Waals surface area contributed by atoms with Crippen LogP contribution in [0.2, 0.25) is 0 Å². The molecule has 0 saturated heterocycles. The van der Waals surface area contributed by atoms with Crippen molar-refractivity contribution in [2.45, 2.75) is 25.3 Å². The largest absolute Gasteiger partial charge is 0.497 e. The number of hydrogen-bond acceptors (Lipinski definition) is 7. The average molecular weight is 384 g/mol. The Hall–Kier alpha value is -2.80. The van der Waals surface area contributed by atoms with Crippen LogP contribution in [0.15, 0.2) is 51.9 Å². The first-order chi connectivity index (χ1) is 13.0. The molecule has 140 valence electrons. The van der Waals surface area contributed by atoms with E-state index in [1.807, 2.05) is 44.2 Å². The Bertz CT molecular complexity index is 939. The average Bonchev–Trinajstić information content (AvgIpc) is 3.15. The lowest BCUT2D eigenvalue weighted by atomic mass is 10.2. The molecule has 0 aliphatic carbocycles. The Balaban J connectivity index is 1.52. The number of hydrogen-bond donors (Lipinski definition) is 0. The van der Waals surface area contributed by atoms with Gasteiger partial charge in [0, 0.05) is 10.5 Å². The molecule has 27 heavy (non-hydrogen) atoms. The van der Waals surface area contributed by atoms with E-state index in [4.69, 9.17) is 14.0 Å². The zero-order valence-electron chi connectivity index (χ0n) is 15.4. The molecule has 7 heteroatoms. The number of thioether (sulfide) groups is 1. The summed E-state index contributed by atoms with van der Waals surface area (Å²) in [6, 6.07) is 13.5. The lowest BCUT2D eigenvalue weighted by molar-refractivity contribution is -0.142. The van der Waals surface area contributed by atoms with Crippen LogP contribution in [0.5, 0.6) is 5.75 Å². The van der Waals surface area contributed by atoms with Crippen molar-refractivity contribution < 1.29 is 18.8 Å². The lowest BCUT2D eigenvalue weighted by Gasteiger charge is -2.06. The van der Waals surface area contributed by atoms with E-state index in [2.05, 4.69) is 16.2 Å². The molecule has 0 unspecified atom stereocenters. The van der Waals surface area contributed by atoms with Crippen molar-refractivity contribution >= 4 is 17.7 Å². The molecule has 3 aromatic rings. The van der Waals surface area contributed by atoms with Crippen molar-refractivity contribution in [1.82, 2.24) is 10.1 Å². The maximum atomic E-state index is 12.0. The van der Waals surface area contributed by atoms with Gasteiger partial charge in [-0.15, -0.1) is 11.8 Å². The van der Waals surface area contributed by atoms with E-state index in [0.29, 0.717) is 11.6 Å². The molecular formula is C20H20N2O4S. The number of carbonyl (C=O) groups excluding carboxylic acids is 1. The fourth-order valence-corrected chi connectivity index (χ4v) is 3.28. The van der Waals surface area contributed by atoms with E-state index in [0.717, 1.165) is 16.0 Å². The first-order valence-electron chi connectivity index (χ1n) is 8.38. The second kappa shape index (κ2) is 8.73. The van der Waals surface area contributed by atoms with Crippen molar-refractivity contribution in [2.24, 2.45) is 0 Å². The van der Waals surface area contributed by atoms with Crippen molar-refractivity contribution in [3.05, 3.63) is 59.5 Å². The maximum Gasteiger partial charge on any atom is 0.316 e. The van der Waals surface area contributed by atoms with Crippen LogP contribution >= 0.6 is 11.8 Å². The number of ether oxygens (including phenoxy) is 2. The molecule has 0 amide bonds. The van der Waals surface area contributed by atoms with Gasteiger partial charge in [-0.25, -0.2) is 0 Å². The number of esters is 1. The molecule has 0 aliphatic rings. The van der Waals surface area contributed by atoms with Gasteiger partial charge in [0.1, 0.15) is 5.75 Å². The van der Waals surface area contributed by atoms with E-state index in [1.54, 1.807) is 13.2 Å². The molecular weight excluding hydrogens is 364 g/mol. The molecule has 0 saturated carbocycles. The molecule has 0 atom stereocenters. The standard InChI is InChI=1S/C20H20N2O4S/c1-13-7-8-17(14(2)9-13)27-12-19(23)25-11-18-21-20(22-26-18)15-5-4-6-16(10-15)24-3/h4-10H,11-12H2,1-3H3. The summed E-state index contributed by atoms with van der Waals surface area (Å²) >= 11 is 1.45. The van der Waals surface area contributed by atoms with Gasteiger partial charge in [-0.05, 0) is 37.6 Å². The van der Waals surface area contributed by atoms with Gasteiger partial charge >= 0.3 is 5.97 Å². The fourth-order valence-electron chi connectivity index (χ4n) is 2.47. The molecule has 1 heterocycles. The highest BCUT2D eigenvalue weighted by atomic mass is 32.2. The highest BCUT2D eigenvalue weighted by Crippen LogP contribution is 2.24. The third-order valence-electron chi connectivity index (χ3n) is 3.83. The summed E-state index contributed by atoms with van der Waals surface area (Å²) in [5.41, 5.74) is 3.11. The lowest BCUT2D eigenvalue weighted by Crippen LogP contribution is -2.07. The number of aryl methyl sites for hydroxylation is 2. The zero-order valence-corrected chi connectivity index (χ0v) is 16.2. The van der Waals surface area contributed by atoms with E-state index < -0.39 is 0 Å². The van der Waals surface area contributed by atoms with Crippen LogP contribution in [-0.2, 0) is 16.1 Å². The topological polar surface area (TPSA) is 74.5 Å².